The van der Waals surface area contributed by atoms with Crippen molar-refractivity contribution in [3.63, 3.8) is 0 Å². The van der Waals surface area contributed by atoms with Crippen molar-refractivity contribution in [1.82, 2.24) is 0 Å². The number of nitrogens with zero attached hydrogens (tertiary/aromatic N) is 1. The van der Waals surface area contributed by atoms with Crippen molar-refractivity contribution >= 4 is 27.6 Å². The van der Waals surface area contributed by atoms with Gasteiger partial charge in [-0.3, -0.25) is 4.79 Å². The molecule has 1 unspecified atom stereocenters. The van der Waals surface area contributed by atoms with E-state index in [9.17, 15) is 9.90 Å². The van der Waals surface area contributed by atoms with Crippen molar-refractivity contribution in [2.45, 2.75) is 5.92 Å². The summed E-state index contributed by atoms with van der Waals surface area (Å²) in [4.78, 5) is 11.4. The molecule has 0 aliphatic heterocycles. The summed E-state index contributed by atoms with van der Waals surface area (Å²) in [6.07, 6.45) is 0. The number of carboxylic acids is 1. The first-order valence-corrected chi connectivity index (χ1v) is 7.12. The number of anilines is 1. The zero-order valence-corrected chi connectivity index (χ0v) is 12.7. The molecule has 0 fully saturated rings. The van der Waals surface area contributed by atoms with Crippen LogP contribution in [0.4, 0.5) is 5.69 Å². The molecule has 0 bridgehead atoms. The van der Waals surface area contributed by atoms with Gasteiger partial charge >= 0.3 is 5.97 Å². The minimum atomic E-state index is -0.901. The zero-order valence-electron chi connectivity index (χ0n) is 11.1. The van der Waals surface area contributed by atoms with E-state index in [2.05, 4.69) is 27.3 Å². The number of nitriles is 1. The maximum Gasteiger partial charge on any atom is 0.312 e. The smallest absolute Gasteiger partial charge is 0.312 e. The van der Waals surface area contributed by atoms with Gasteiger partial charge in [-0.15, -0.1) is 0 Å². The van der Waals surface area contributed by atoms with Gasteiger partial charge < -0.3 is 10.4 Å². The predicted octanol–water partition coefficient (Wildman–Crippen LogP) is 3.60. The molecular formula is C16H13BrN2O2. The number of halogens is 1. The monoisotopic (exact) mass is 344 g/mol. The maximum absolute atomic E-state index is 11.4. The van der Waals surface area contributed by atoms with Crippen LogP contribution >= 0.6 is 15.9 Å². The molecule has 0 radical (unpaired) electrons. The molecule has 1 atom stereocenters. The molecule has 0 spiro atoms. The van der Waals surface area contributed by atoms with Gasteiger partial charge in [0.25, 0.3) is 0 Å². The third-order valence-corrected chi connectivity index (χ3v) is 3.59. The fourth-order valence-electron chi connectivity index (χ4n) is 2.01. The highest BCUT2D eigenvalue weighted by atomic mass is 79.9. The molecule has 2 aromatic carbocycles. The molecule has 2 rings (SSSR count). The fraction of sp³-hybridized carbons (Fsp3) is 0.125. The van der Waals surface area contributed by atoms with Crippen LogP contribution in [0.3, 0.4) is 0 Å². The van der Waals surface area contributed by atoms with Crippen molar-refractivity contribution in [1.29, 1.82) is 5.26 Å². The molecular weight excluding hydrogens is 332 g/mol. The maximum atomic E-state index is 11.4. The Hall–Kier alpha value is -2.32. The lowest BCUT2D eigenvalue weighted by Crippen LogP contribution is -2.21. The lowest BCUT2D eigenvalue weighted by molar-refractivity contribution is -0.138. The Morgan fingerprint density at radius 2 is 2.00 bits per heavy atom. The molecule has 0 aliphatic carbocycles. The van der Waals surface area contributed by atoms with Gasteiger partial charge in [0.2, 0.25) is 0 Å². The minimum Gasteiger partial charge on any atom is -0.481 e. The largest absolute Gasteiger partial charge is 0.481 e. The third kappa shape index (κ3) is 3.83. The molecule has 5 heteroatoms. The third-order valence-electron chi connectivity index (χ3n) is 3.10. The van der Waals surface area contributed by atoms with E-state index in [1.165, 1.54) is 0 Å². The number of nitrogens with one attached hydrogen (secondary N) is 1. The Labute approximate surface area is 131 Å². The van der Waals surface area contributed by atoms with E-state index >= 15 is 0 Å². The molecule has 2 N–H and O–H groups in total. The van der Waals surface area contributed by atoms with E-state index < -0.39 is 11.9 Å². The van der Waals surface area contributed by atoms with Gasteiger partial charge in [0.1, 0.15) is 6.07 Å². The first-order valence-electron chi connectivity index (χ1n) is 6.33. The van der Waals surface area contributed by atoms with Gasteiger partial charge in [-0.05, 0) is 23.8 Å². The summed E-state index contributed by atoms with van der Waals surface area (Å²) in [5, 5.41) is 21.5. The Balaban J connectivity index is 2.19. The molecule has 0 heterocycles. The summed E-state index contributed by atoms with van der Waals surface area (Å²) in [6.45, 7) is 0.213. The molecule has 0 aromatic heterocycles. The minimum absolute atomic E-state index is 0.213. The second-order valence-electron chi connectivity index (χ2n) is 4.48. The average molecular weight is 345 g/mol. The van der Waals surface area contributed by atoms with Crippen molar-refractivity contribution in [3.8, 4) is 6.07 Å². The summed E-state index contributed by atoms with van der Waals surface area (Å²) in [7, 11) is 0. The predicted molar refractivity (Wildman–Crippen MR) is 84.2 cm³/mol. The number of hydrogen-bond acceptors (Lipinski definition) is 3. The van der Waals surface area contributed by atoms with Crippen LogP contribution in [0.1, 0.15) is 17.0 Å². The number of carboxylic acid groups (broad SMARTS) is 1. The Morgan fingerprint density at radius 3 is 2.62 bits per heavy atom. The molecule has 21 heavy (non-hydrogen) atoms. The summed E-state index contributed by atoms with van der Waals surface area (Å²) in [5.41, 5.74) is 1.83. The SMILES string of the molecule is N#Cc1ccc(Br)cc1NCC(C(=O)O)c1ccccc1. The molecule has 4 nitrogen and oxygen atoms in total. The van der Waals surface area contributed by atoms with Gasteiger partial charge in [-0.1, -0.05) is 46.3 Å². The Bertz CT molecular complexity index is 680. The number of aliphatic carboxylic acids is 1. The van der Waals surface area contributed by atoms with E-state index in [-0.39, 0.29) is 6.54 Å². The Morgan fingerprint density at radius 1 is 1.29 bits per heavy atom. The van der Waals surface area contributed by atoms with Crippen molar-refractivity contribution in [2.24, 2.45) is 0 Å². The van der Waals surface area contributed by atoms with Crippen molar-refractivity contribution in [3.05, 3.63) is 64.1 Å². The van der Waals surface area contributed by atoms with Crippen LogP contribution in [0.15, 0.2) is 53.0 Å². The molecule has 0 amide bonds. The molecule has 106 valence electrons. The highest BCUT2D eigenvalue weighted by molar-refractivity contribution is 9.10. The standard InChI is InChI=1S/C16H13BrN2O2/c17-13-7-6-12(9-18)15(8-13)19-10-14(16(20)21)11-4-2-1-3-5-11/h1-8,14,19H,10H2,(H,20,21). The molecule has 0 saturated carbocycles. The van der Waals surface area contributed by atoms with Gasteiger partial charge in [0.15, 0.2) is 0 Å². The number of benzene rings is 2. The second kappa shape index (κ2) is 6.91. The van der Waals surface area contributed by atoms with Crippen LogP contribution in [-0.4, -0.2) is 17.6 Å². The highest BCUT2D eigenvalue weighted by Gasteiger charge is 2.19. The first kappa shape index (κ1) is 15.1. The van der Waals surface area contributed by atoms with Gasteiger partial charge in [-0.25, -0.2) is 0 Å². The van der Waals surface area contributed by atoms with E-state index in [0.717, 1.165) is 10.0 Å². The van der Waals surface area contributed by atoms with Crippen molar-refractivity contribution in [2.75, 3.05) is 11.9 Å². The molecule has 0 aliphatic rings. The van der Waals surface area contributed by atoms with E-state index in [1.807, 2.05) is 18.2 Å². The van der Waals surface area contributed by atoms with Crippen LogP contribution in [0.25, 0.3) is 0 Å². The number of rotatable bonds is 5. The first-order chi connectivity index (χ1) is 10.1. The molecule has 0 saturated heterocycles. The molecule has 2 aromatic rings. The van der Waals surface area contributed by atoms with E-state index in [0.29, 0.717) is 11.3 Å². The van der Waals surface area contributed by atoms with Crippen LogP contribution in [0.2, 0.25) is 0 Å². The number of carbonyl (C=O) groups is 1. The summed E-state index contributed by atoms with van der Waals surface area (Å²) in [5.74, 6) is -1.57. The average Bonchev–Trinajstić information content (AvgIpc) is 2.48. The topological polar surface area (TPSA) is 73.1 Å². The van der Waals surface area contributed by atoms with Crippen LogP contribution in [0.5, 0.6) is 0 Å². The lowest BCUT2D eigenvalue weighted by Gasteiger charge is -2.15. The summed E-state index contributed by atoms with van der Waals surface area (Å²) >= 11 is 3.34. The number of hydrogen-bond donors (Lipinski definition) is 2. The van der Waals surface area contributed by atoms with Crippen LogP contribution in [-0.2, 0) is 4.79 Å². The van der Waals surface area contributed by atoms with Crippen LogP contribution < -0.4 is 5.32 Å². The van der Waals surface area contributed by atoms with Crippen LogP contribution in [0, 0.1) is 11.3 Å². The summed E-state index contributed by atoms with van der Waals surface area (Å²) < 4.78 is 0.829. The zero-order chi connectivity index (χ0) is 15.2. The second-order valence-corrected chi connectivity index (χ2v) is 5.40. The Kier molecular flexibility index (Phi) is 4.96. The van der Waals surface area contributed by atoms with Crippen molar-refractivity contribution < 1.29 is 9.90 Å². The van der Waals surface area contributed by atoms with E-state index in [4.69, 9.17) is 5.26 Å². The highest BCUT2D eigenvalue weighted by Crippen LogP contribution is 2.23. The summed E-state index contributed by atoms with van der Waals surface area (Å²) in [6, 6.07) is 16.3. The van der Waals surface area contributed by atoms with Gasteiger partial charge in [-0.2, -0.15) is 5.26 Å². The lowest BCUT2D eigenvalue weighted by atomic mass is 9.99. The fourth-order valence-corrected chi connectivity index (χ4v) is 2.37. The van der Waals surface area contributed by atoms with Gasteiger partial charge in [0, 0.05) is 11.0 Å². The normalized spacial score (nSPS) is 11.4. The van der Waals surface area contributed by atoms with Gasteiger partial charge in [0.05, 0.1) is 17.2 Å². The quantitative estimate of drug-likeness (QED) is 0.868. The van der Waals surface area contributed by atoms with E-state index in [1.54, 1.807) is 30.3 Å².